The predicted octanol–water partition coefficient (Wildman–Crippen LogP) is 5.53. The van der Waals surface area contributed by atoms with Crippen molar-refractivity contribution in [2.75, 3.05) is 0 Å². The number of thioether (sulfide) groups is 1. The predicted molar refractivity (Wildman–Crippen MR) is 122 cm³/mol. The summed E-state index contributed by atoms with van der Waals surface area (Å²) in [5.41, 5.74) is 4.33. The highest BCUT2D eigenvalue weighted by Crippen LogP contribution is 2.30. The number of hydrogen-bond acceptors (Lipinski definition) is 3. The van der Waals surface area contributed by atoms with E-state index in [0.29, 0.717) is 28.0 Å². The Hall–Kier alpha value is -2.76. The molecule has 0 radical (unpaired) electrons. The lowest BCUT2D eigenvalue weighted by molar-refractivity contribution is 0.667. The number of hydrogen-bond donors (Lipinski definition) is 0. The van der Waals surface area contributed by atoms with Crippen molar-refractivity contribution in [1.29, 1.82) is 0 Å². The highest BCUT2D eigenvalue weighted by molar-refractivity contribution is 7.98. The molecule has 0 saturated heterocycles. The fraction of sp³-hybridized carbons (Fsp3) is 0.130. The van der Waals surface area contributed by atoms with Crippen molar-refractivity contribution in [3.8, 4) is 11.1 Å². The fourth-order valence-electron chi connectivity index (χ4n) is 3.35. The summed E-state index contributed by atoms with van der Waals surface area (Å²) in [6.45, 7) is 4.21. The summed E-state index contributed by atoms with van der Waals surface area (Å²) >= 11 is 7.63. The zero-order valence-electron chi connectivity index (χ0n) is 16.0. The first-order valence-corrected chi connectivity index (χ1v) is 10.6. The molecule has 0 atom stereocenters. The maximum absolute atomic E-state index is 13.3. The van der Waals surface area contributed by atoms with Gasteiger partial charge in [0.1, 0.15) is 11.0 Å². The van der Waals surface area contributed by atoms with Crippen molar-refractivity contribution < 1.29 is 0 Å². The van der Waals surface area contributed by atoms with Crippen LogP contribution in [0, 0.1) is 0 Å². The van der Waals surface area contributed by atoms with E-state index in [1.807, 2.05) is 72.4 Å². The first-order chi connectivity index (χ1) is 14.1. The van der Waals surface area contributed by atoms with E-state index in [1.54, 1.807) is 10.6 Å². The maximum atomic E-state index is 13.3. The first-order valence-electron chi connectivity index (χ1n) is 9.22. The molecule has 0 aliphatic heterocycles. The number of allylic oxidation sites excluding steroid dienone is 1. The largest absolute Gasteiger partial charge is 0.344 e. The van der Waals surface area contributed by atoms with Crippen molar-refractivity contribution in [1.82, 2.24) is 14.1 Å². The van der Waals surface area contributed by atoms with Crippen LogP contribution >= 0.6 is 23.4 Å². The first kappa shape index (κ1) is 19.6. The fourth-order valence-corrected chi connectivity index (χ4v) is 4.51. The molecule has 4 aromatic rings. The third-order valence-corrected chi connectivity index (χ3v) is 5.98. The zero-order valence-corrected chi connectivity index (χ0v) is 17.6. The standard InChI is InChI=1S/C23H20ClN3OS/c1-3-12-27-22(28)21-20(19(14-26(21)2)17-9-5-4-6-10-17)25-23(27)29-15-16-8-7-11-18(24)13-16/h3-11,13-14H,1,12,15H2,2H3. The molecular weight excluding hydrogens is 402 g/mol. The summed E-state index contributed by atoms with van der Waals surface area (Å²) in [6, 6.07) is 17.7. The van der Waals surface area contributed by atoms with Crippen LogP contribution in [0.25, 0.3) is 22.2 Å². The average molecular weight is 422 g/mol. The van der Waals surface area contributed by atoms with Crippen LogP contribution in [0.2, 0.25) is 5.02 Å². The third-order valence-electron chi connectivity index (χ3n) is 4.69. The second-order valence-electron chi connectivity index (χ2n) is 6.73. The molecule has 0 fully saturated rings. The van der Waals surface area contributed by atoms with Crippen molar-refractivity contribution in [3.63, 3.8) is 0 Å². The Bertz CT molecular complexity index is 1240. The Morgan fingerprint density at radius 3 is 2.69 bits per heavy atom. The van der Waals surface area contributed by atoms with Gasteiger partial charge in [0.05, 0.1) is 0 Å². The van der Waals surface area contributed by atoms with E-state index >= 15 is 0 Å². The molecule has 0 amide bonds. The minimum absolute atomic E-state index is 0.0619. The number of halogens is 1. The average Bonchev–Trinajstić information content (AvgIpc) is 3.06. The Morgan fingerprint density at radius 1 is 1.17 bits per heavy atom. The van der Waals surface area contributed by atoms with E-state index in [9.17, 15) is 4.79 Å². The van der Waals surface area contributed by atoms with Gasteiger partial charge in [0.15, 0.2) is 5.16 Å². The smallest absolute Gasteiger partial charge is 0.279 e. The lowest BCUT2D eigenvalue weighted by atomic mass is 10.1. The van der Waals surface area contributed by atoms with Gasteiger partial charge in [-0.3, -0.25) is 9.36 Å². The molecule has 0 aliphatic carbocycles. The molecule has 0 N–H and O–H groups in total. The van der Waals surface area contributed by atoms with E-state index in [-0.39, 0.29) is 5.56 Å². The number of nitrogens with zero attached hydrogens (tertiary/aromatic N) is 3. The zero-order chi connectivity index (χ0) is 20.4. The van der Waals surface area contributed by atoms with Crippen molar-refractivity contribution >= 4 is 34.4 Å². The number of benzene rings is 2. The molecule has 0 spiro atoms. The second kappa shape index (κ2) is 8.31. The molecule has 29 heavy (non-hydrogen) atoms. The van der Waals surface area contributed by atoms with Crippen LogP contribution in [0.4, 0.5) is 0 Å². The summed E-state index contributed by atoms with van der Waals surface area (Å²) in [5.74, 6) is 0.670. The van der Waals surface area contributed by atoms with Gasteiger partial charge in [-0.1, -0.05) is 71.9 Å². The minimum Gasteiger partial charge on any atom is -0.344 e. The van der Waals surface area contributed by atoms with Crippen LogP contribution in [0.15, 0.2) is 83.4 Å². The van der Waals surface area contributed by atoms with Crippen molar-refractivity contribution in [2.24, 2.45) is 7.05 Å². The van der Waals surface area contributed by atoms with E-state index in [0.717, 1.165) is 22.2 Å². The van der Waals surface area contributed by atoms with E-state index in [4.69, 9.17) is 16.6 Å². The molecule has 0 saturated carbocycles. The SMILES string of the molecule is C=CCn1c(SCc2cccc(Cl)c2)nc2c(-c3ccccc3)cn(C)c2c1=O. The van der Waals surface area contributed by atoms with Crippen molar-refractivity contribution in [3.05, 3.63) is 94.4 Å². The molecule has 4 nitrogen and oxygen atoms in total. The molecular formula is C23H20ClN3OS. The lowest BCUT2D eigenvalue weighted by Gasteiger charge is -2.11. The normalized spacial score (nSPS) is 11.1. The molecule has 4 rings (SSSR count). The van der Waals surface area contributed by atoms with Crippen LogP contribution in [0.5, 0.6) is 0 Å². The van der Waals surface area contributed by atoms with E-state index in [1.165, 1.54) is 11.8 Å². The van der Waals surface area contributed by atoms with E-state index < -0.39 is 0 Å². The lowest BCUT2D eigenvalue weighted by Crippen LogP contribution is -2.24. The Kier molecular flexibility index (Phi) is 5.60. The summed E-state index contributed by atoms with van der Waals surface area (Å²) in [7, 11) is 1.88. The monoisotopic (exact) mass is 421 g/mol. The van der Waals surface area contributed by atoms with E-state index in [2.05, 4.69) is 6.58 Å². The van der Waals surface area contributed by atoms with Gasteiger partial charge in [0.25, 0.3) is 5.56 Å². The molecule has 2 aromatic carbocycles. The van der Waals surface area contributed by atoms with Crippen molar-refractivity contribution in [2.45, 2.75) is 17.5 Å². The Balaban J connectivity index is 1.85. The molecule has 0 aliphatic rings. The number of fused-ring (bicyclic) bond motifs is 1. The van der Waals surface area contributed by atoms with Gasteiger partial charge in [0, 0.05) is 36.1 Å². The Labute approximate surface area is 178 Å². The van der Waals surface area contributed by atoms with Gasteiger partial charge in [-0.05, 0) is 23.3 Å². The molecule has 2 aromatic heterocycles. The maximum Gasteiger partial charge on any atom is 0.279 e. The van der Waals surface area contributed by atoms with Crippen LogP contribution in [0.3, 0.4) is 0 Å². The van der Waals surface area contributed by atoms with Gasteiger partial charge in [0.2, 0.25) is 0 Å². The van der Waals surface area contributed by atoms with Gasteiger partial charge in [-0.2, -0.15) is 0 Å². The van der Waals surface area contributed by atoms with Crippen LogP contribution in [0.1, 0.15) is 5.56 Å². The van der Waals surface area contributed by atoms with Crippen LogP contribution < -0.4 is 5.56 Å². The molecule has 0 bridgehead atoms. The van der Waals surface area contributed by atoms with Gasteiger partial charge in [-0.25, -0.2) is 4.98 Å². The van der Waals surface area contributed by atoms with Crippen LogP contribution in [-0.4, -0.2) is 14.1 Å². The Morgan fingerprint density at radius 2 is 1.97 bits per heavy atom. The molecule has 6 heteroatoms. The highest BCUT2D eigenvalue weighted by Gasteiger charge is 2.18. The summed E-state index contributed by atoms with van der Waals surface area (Å²) in [4.78, 5) is 18.2. The van der Waals surface area contributed by atoms with Gasteiger partial charge in [-0.15, -0.1) is 6.58 Å². The number of rotatable bonds is 6. The number of aryl methyl sites for hydroxylation is 1. The number of aromatic nitrogens is 3. The summed E-state index contributed by atoms with van der Waals surface area (Å²) in [6.07, 6.45) is 3.69. The third kappa shape index (κ3) is 3.88. The van der Waals surface area contributed by atoms with Crippen LogP contribution in [-0.2, 0) is 19.3 Å². The van der Waals surface area contributed by atoms with Gasteiger partial charge < -0.3 is 4.57 Å². The highest BCUT2D eigenvalue weighted by atomic mass is 35.5. The quantitative estimate of drug-likeness (QED) is 0.233. The van der Waals surface area contributed by atoms with Gasteiger partial charge >= 0.3 is 0 Å². The summed E-state index contributed by atoms with van der Waals surface area (Å²) in [5, 5.41) is 1.37. The minimum atomic E-state index is -0.0619. The molecule has 0 unspecified atom stereocenters. The topological polar surface area (TPSA) is 39.8 Å². The summed E-state index contributed by atoms with van der Waals surface area (Å²) < 4.78 is 3.54. The molecule has 146 valence electrons. The second-order valence-corrected chi connectivity index (χ2v) is 8.11. The molecule has 2 heterocycles.